The van der Waals surface area contributed by atoms with E-state index in [9.17, 15) is 4.79 Å². The minimum Gasteiger partial charge on any atom is -0.381 e. The van der Waals surface area contributed by atoms with Crippen LogP contribution in [0, 0.1) is 6.92 Å². The molecule has 2 aliphatic rings. The quantitative estimate of drug-likeness (QED) is 0.926. The van der Waals surface area contributed by atoms with Crippen LogP contribution in [0.1, 0.15) is 39.5 Å². The van der Waals surface area contributed by atoms with E-state index < -0.39 is 0 Å². The van der Waals surface area contributed by atoms with E-state index in [1.807, 2.05) is 17.0 Å². The zero-order valence-electron chi connectivity index (χ0n) is 12.6. The van der Waals surface area contributed by atoms with Gasteiger partial charge in [-0.05, 0) is 37.0 Å². The Morgan fingerprint density at radius 2 is 2.36 bits per heavy atom. The molecular formula is C17H19N3O2. The van der Waals surface area contributed by atoms with E-state index in [1.54, 1.807) is 6.20 Å². The number of hydrogen-bond acceptors (Lipinski definition) is 3. The number of H-pyrrole nitrogens is 1. The van der Waals surface area contributed by atoms with Gasteiger partial charge >= 0.3 is 0 Å². The maximum Gasteiger partial charge on any atom is 0.261 e. The Hall–Kier alpha value is -2.14. The molecule has 1 amide bonds. The molecule has 5 nitrogen and oxygen atoms in total. The highest BCUT2D eigenvalue weighted by Gasteiger charge is 2.31. The third kappa shape index (κ3) is 2.04. The summed E-state index contributed by atoms with van der Waals surface area (Å²) in [6.07, 6.45) is 3.52. The third-order valence-electron chi connectivity index (χ3n) is 4.74. The molecule has 1 saturated heterocycles. The van der Waals surface area contributed by atoms with Crippen molar-refractivity contribution in [3.05, 3.63) is 46.8 Å². The number of anilines is 1. The lowest BCUT2D eigenvalue weighted by molar-refractivity contribution is 0.0988. The van der Waals surface area contributed by atoms with Crippen LogP contribution in [0.25, 0.3) is 0 Å². The predicted molar refractivity (Wildman–Crippen MR) is 83.3 cm³/mol. The van der Waals surface area contributed by atoms with Crippen LogP contribution in [0.5, 0.6) is 0 Å². The number of amides is 1. The number of ether oxygens (including phenoxy) is 1. The molecule has 1 aromatic heterocycles. The molecule has 3 heterocycles. The van der Waals surface area contributed by atoms with Gasteiger partial charge in [-0.15, -0.1) is 0 Å². The molecule has 0 bridgehead atoms. The van der Waals surface area contributed by atoms with Gasteiger partial charge in [-0.2, -0.15) is 5.10 Å². The SMILES string of the molecule is Cc1cccc2c1CCN2C(=O)c1cn[nH]c1C1CCOC1. The molecule has 0 spiro atoms. The summed E-state index contributed by atoms with van der Waals surface area (Å²) < 4.78 is 5.44. The minimum absolute atomic E-state index is 0.0417. The average molecular weight is 297 g/mol. The zero-order valence-corrected chi connectivity index (χ0v) is 12.6. The Kier molecular flexibility index (Phi) is 3.22. The van der Waals surface area contributed by atoms with Crippen molar-refractivity contribution < 1.29 is 9.53 Å². The summed E-state index contributed by atoms with van der Waals surface area (Å²) in [7, 11) is 0. The largest absolute Gasteiger partial charge is 0.381 e. The summed E-state index contributed by atoms with van der Waals surface area (Å²) in [5.41, 5.74) is 5.18. The van der Waals surface area contributed by atoms with Crippen molar-refractivity contribution >= 4 is 11.6 Å². The van der Waals surface area contributed by atoms with Crippen molar-refractivity contribution in [2.24, 2.45) is 0 Å². The van der Waals surface area contributed by atoms with Gasteiger partial charge in [0.15, 0.2) is 0 Å². The molecule has 1 unspecified atom stereocenters. The first-order valence-electron chi connectivity index (χ1n) is 7.77. The Labute approximate surface area is 129 Å². The summed E-state index contributed by atoms with van der Waals surface area (Å²) in [6, 6.07) is 6.15. The smallest absolute Gasteiger partial charge is 0.261 e. The van der Waals surface area contributed by atoms with Crippen molar-refractivity contribution in [2.75, 3.05) is 24.7 Å². The van der Waals surface area contributed by atoms with Crippen molar-refractivity contribution in [3.63, 3.8) is 0 Å². The topological polar surface area (TPSA) is 58.2 Å². The fourth-order valence-electron chi connectivity index (χ4n) is 3.51. The van der Waals surface area contributed by atoms with Crippen LogP contribution in [0.15, 0.2) is 24.4 Å². The molecule has 5 heteroatoms. The molecule has 1 N–H and O–H groups in total. The van der Waals surface area contributed by atoms with E-state index in [-0.39, 0.29) is 11.8 Å². The van der Waals surface area contributed by atoms with Crippen LogP contribution >= 0.6 is 0 Å². The summed E-state index contributed by atoms with van der Waals surface area (Å²) in [5.74, 6) is 0.293. The zero-order chi connectivity index (χ0) is 15.1. The van der Waals surface area contributed by atoms with Crippen LogP contribution in [-0.2, 0) is 11.2 Å². The van der Waals surface area contributed by atoms with E-state index in [0.717, 1.165) is 37.4 Å². The Bertz CT molecular complexity index is 716. The highest BCUT2D eigenvalue weighted by atomic mass is 16.5. The summed E-state index contributed by atoms with van der Waals surface area (Å²) in [5, 5.41) is 7.11. The monoisotopic (exact) mass is 297 g/mol. The number of nitrogens with zero attached hydrogens (tertiary/aromatic N) is 2. The highest BCUT2D eigenvalue weighted by Crippen LogP contribution is 2.33. The van der Waals surface area contributed by atoms with E-state index in [2.05, 4.69) is 23.2 Å². The number of aromatic nitrogens is 2. The van der Waals surface area contributed by atoms with E-state index >= 15 is 0 Å². The normalized spacial score (nSPS) is 20.4. The second-order valence-electron chi connectivity index (χ2n) is 6.04. The van der Waals surface area contributed by atoms with E-state index in [4.69, 9.17) is 4.74 Å². The van der Waals surface area contributed by atoms with Gasteiger partial charge in [0.25, 0.3) is 5.91 Å². The molecule has 0 radical (unpaired) electrons. The van der Waals surface area contributed by atoms with Crippen molar-refractivity contribution in [1.29, 1.82) is 0 Å². The van der Waals surface area contributed by atoms with Crippen LogP contribution in [0.4, 0.5) is 5.69 Å². The molecule has 0 aliphatic carbocycles. The minimum atomic E-state index is 0.0417. The summed E-state index contributed by atoms with van der Waals surface area (Å²) in [4.78, 5) is 14.9. The Morgan fingerprint density at radius 3 is 3.18 bits per heavy atom. The lowest BCUT2D eigenvalue weighted by Crippen LogP contribution is -2.29. The molecule has 4 rings (SSSR count). The Morgan fingerprint density at radius 1 is 1.45 bits per heavy atom. The van der Waals surface area contributed by atoms with Gasteiger partial charge in [-0.25, -0.2) is 0 Å². The first-order valence-corrected chi connectivity index (χ1v) is 7.77. The van der Waals surface area contributed by atoms with Gasteiger partial charge in [0.2, 0.25) is 0 Å². The number of benzene rings is 1. The molecule has 22 heavy (non-hydrogen) atoms. The molecule has 1 aromatic carbocycles. The number of carbonyl (C=O) groups excluding carboxylic acids is 1. The van der Waals surface area contributed by atoms with Crippen molar-refractivity contribution in [2.45, 2.75) is 25.7 Å². The van der Waals surface area contributed by atoms with Gasteiger partial charge in [0.05, 0.1) is 24.1 Å². The predicted octanol–water partition coefficient (Wildman–Crippen LogP) is 2.42. The second kappa shape index (κ2) is 5.25. The van der Waals surface area contributed by atoms with Crippen LogP contribution in [0.3, 0.4) is 0 Å². The molecule has 2 aromatic rings. The lowest BCUT2D eigenvalue weighted by Gasteiger charge is -2.18. The molecule has 0 saturated carbocycles. The van der Waals surface area contributed by atoms with Crippen LogP contribution < -0.4 is 4.90 Å². The fourth-order valence-corrected chi connectivity index (χ4v) is 3.51. The third-order valence-corrected chi connectivity index (χ3v) is 4.74. The fraction of sp³-hybridized carbons (Fsp3) is 0.412. The van der Waals surface area contributed by atoms with Gasteiger partial charge in [-0.3, -0.25) is 9.89 Å². The maximum absolute atomic E-state index is 13.0. The van der Waals surface area contributed by atoms with Crippen LogP contribution in [-0.4, -0.2) is 35.9 Å². The molecule has 1 fully saturated rings. The highest BCUT2D eigenvalue weighted by molar-refractivity contribution is 6.08. The number of aromatic amines is 1. The van der Waals surface area contributed by atoms with Gasteiger partial charge in [0.1, 0.15) is 0 Å². The first-order chi connectivity index (χ1) is 10.8. The number of nitrogens with one attached hydrogen (secondary N) is 1. The summed E-state index contributed by atoms with van der Waals surface area (Å²) in [6.45, 7) is 4.26. The number of rotatable bonds is 2. The molecule has 1 atom stereocenters. The number of fused-ring (bicyclic) bond motifs is 1. The van der Waals surface area contributed by atoms with Crippen LogP contribution in [0.2, 0.25) is 0 Å². The number of hydrogen-bond donors (Lipinski definition) is 1. The van der Waals surface area contributed by atoms with Gasteiger partial charge in [0, 0.05) is 24.8 Å². The summed E-state index contributed by atoms with van der Waals surface area (Å²) >= 11 is 0. The molecular weight excluding hydrogens is 278 g/mol. The van der Waals surface area contributed by atoms with Crippen molar-refractivity contribution in [1.82, 2.24) is 10.2 Å². The molecule has 114 valence electrons. The molecule has 2 aliphatic heterocycles. The van der Waals surface area contributed by atoms with Gasteiger partial charge < -0.3 is 9.64 Å². The van der Waals surface area contributed by atoms with E-state index in [1.165, 1.54) is 11.1 Å². The Balaban J connectivity index is 1.67. The number of carbonyl (C=O) groups is 1. The van der Waals surface area contributed by atoms with Gasteiger partial charge in [-0.1, -0.05) is 12.1 Å². The number of aryl methyl sites for hydroxylation is 1. The maximum atomic E-state index is 13.0. The van der Waals surface area contributed by atoms with Crippen molar-refractivity contribution in [3.8, 4) is 0 Å². The first kappa shape index (κ1) is 13.5. The van der Waals surface area contributed by atoms with E-state index in [0.29, 0.717) is 12.2 Å². The average Bonchev–Trinajstić information content (AvgIpc) is 3.26. The standard InChI is InChI=1S/C17H19N3O2/c1-11-3-2-4-15-13(11)5-7-20(15)17(21)14-9-18-19-16(14)12-6-8-22-10-12/h2-4,9,12H,5-8,10H2,1H3,(H,18,19). The lowest BCUT2D eigenvalue weighted by atomic mass is 10.0. The second-order valence-corrected chi connectivity index (χ2v) is 6.04.